The zero-order chi connectivity index (χ0) is 29.0. The summed E-state index contributed by atoms with van der Waals surface area (Å²) in [4.78, 5) is 46.4. The van der Waals surface area contributed by atoms with Gasteiger partial charge in [-0.2, -0.15) is 0 Å². The Morgan fingerprint density at radius 1 is 1.12 bits per heavy atom. The van der Waals surface area contributed by atoms with E-state index >= 15 is 0 Å². The van der Waals surface area contributed by atoms with Gasteiger partial charge in [-0.25, -0.2) is 14.8 Å². The number of ketones is 2. The van der Waals surface area contributed by atoms with Crippen LogP contribution in [0.4, 0.5) is 10.5 Å². The molecule has 5 unspecified atom stereocenters. The number of Topliss-reactive ketones (excluding diaryl/α,β-unsaturated/α-hetero) is 1. The highest BCUT2D eigenvalue weighted by atomic mass is 16.6. The van der Waals surface area contributed by atoms with E-state index in [4.69, 9.17) is 4.74 Å². The maximum atomic E-state index is 13.5. The highest BCUT2D eigenvalue weighted by Crippen LogP contribution is 2.67. The second-order valence-electron chi connectivity index (χ2n) is 12.4. The summed E-state index contributed by atoms with van der Waals surface area (Å²) >= 11 is 0. The fourth-order valence-corrected chi connectivity index (χ4v) is 8.34. The minimum absolute atomic E-state index is 0.0188. The highest BCUT2D eigenvalue weighted by molar-refractivity contribution is 6.01. The van der Waals surface area contributed by atoms with Crippen molar-refractivity contribution in [2.24, 2.45) is 28.6 Å². The number of anilines is 1. The van der Waals surface area contributed by atoms with Gasteiger partial charge in [0.1, 0.15) is 5.60 Å². The van der Waals surface area contributed by atoms with E-state index in [1.54, 1.807) is 54.9 Å². The molecule has 3 N–H and O–H groups in total. The lowest BCUT2D eigenvalue weighted by Crippen LogP contribution is -2.61. The molecule has 9 nitrogen and oxygen atoms in total. The molecular weight excluding hydrogens is 522 g/mol. The van der Waals surface area contributed by atoms with Crippen LogP contribution in [-0.2, 0) is 14.3 Å². The summed E-state index contributed by atoms with van der Waals surface area (Å²) in [7, 11) is 0. The van der Waals surface area contributed by atoms with Crippen LogP contribution in [0.3, 0.4) is 0 Å². The Morgan fingerprint density at radius 3 is 2.59 bits per heavy atom. The quantitative estimate of drug-likeness (QED) is 0.495. The fraction of sp³-hybridized carbons (Fsp3) is 0.469. The molecule has 1 heterocycles. The molecule has 9 heteroatoms. The molecule has 0 saturated heterocycles. The molecule has 0 spiro atoms. The number of aliphatic hydroxyl groups excluding tert-OH is 1. The Balaban J connectivity index is 1.12. The van der Waals surface area contributed by atoms with E-state index in [1.165, 1.54) is 0 Å². The number of carbonyl (C=O) groups excluding carboxylic acids is 3. The largest absolute Gasteiger partial charge is 0.441 e. The summed E-state index contributed by atoms with van der Waals surface area (Å²) in [5.41, 5.74) is -0.665. The summed E-state index contributed by atoms with van der Waals surface area (Å²) in [6.45, 7) is 3.42. The molecule has 1 aromatic carbocycles. The predicted octanol–water partition coefficient (Wildman–Crippen LogP) is 4.27. The smallest absolute Gasteiger partial charge is 0.412 e. The van der Waals surface area contributed by atoms with Crippen molar-refractivity contribution in [3.63, 3.8) is 0 Å². The van der Waals surface area contributed by atoms with Gasteiger partial charge in [0, 0.05) is 40.4 Å². The van der Waals surface area contributed by atoms with Crippen molar-refractivity contribution in [2.45, 2.75) is 57.7 Å². The molecule has 3 fully saturated rings. The number of hydrogen-bond acceptors (Lipinski definition) is 8. The van der Waals surface area contributed by atoms with Crippen LogP contribution in [0.2, 0.25) is 0 Å². The number of amides is 1. The number of ether oxygens (including phenoxy) is 1. The van der Waals surface area contributed by atoms with Gasteiger partial charge in [-0.15, -0.1) is 0 Å². The number of nitrogens with one attached hydrogen (secondary N) is 1. The van der Waals surface area contributed by atoms with Gasteiger partial charge >= 0.3 is 6.09 Å². The number of carbonyl (C=O) groups is 3. The Kier molecular flexibility index (Phi) is 6.70. The first kappa shape index (κ1) is 27.5. The van der Waals surface area contributed by atoms with E-state index in [2.05, 4.69) is 22.2 Å². The third-order valence-corrected chi connectivity index (χ3v) is 10.4. The minimum Gasteiger partial charge on any atom is -0.441 e. The minimum atomic E-state index is -1.71. The molecule has 0 bridgehead atoms. The molecule has 0 radical (unpaired) electrons. The number of hydrogen-bond donors (Lipinski definition) is 3. The average molecular weight is 558 g/mol. The second kappa shape index (κ2) is 9.99. The van der Waals surface area contributed by atoms with Crippen LogP contribution in [0.1, 0.15) is 46.0 Å². The van der Waals surface area contributed by atoms with Crippen LogP contribution in [0.25, 0.3) is 11.4 Å². The molecule has 1 aromatic heterocycles. The van der Waals surface area contributed by atoms with Gasteiger partial charge in [0.15, 0.2) is 18.2 Å². The van der Waals surface area contributed by atoms with Gasteiger partial charge in [-0.1, -0.05) is 25.5 Å². The number of allylic oxidation sites excluding steroid dienone is 4. The third kappa shape index (κ3) is 4.42. The number of fused-ring (bicyclic) bond motifs is 5. The summed E-state index contributed by atoms with van der Waals surface area (Å²) < 4.78 is 5.26. The lowest BCUT2D eigenvalue weighted by molar-refractivity contribution is -0.178. The van der Waals surface area contributed by atoms with E-state index in [0.29, 0.717) is 17.9 Å². The van der Waals surface area contributed by atoms with E-state index in [-0.39, 0.29) is 36.4 Å². The summed E-state index contributed by atoms with van der Waals surface area (Å²) in [6.07, 6.45) is 9.70. The molecule has 4 aliphatic rings. The van der Waals surface area contributed by atoms with Crippen molar-refractivity contribution in [3.8, 4) is 11.4 Å². The number of rotatable bonds is 5. The molecule has 4 aliphatic carbocycles. The normalized spacial score (nSPS) is 35.5. The van der Waals surface area contributed by atoms with Crippen molar-refractivity contribution in [2.75, 3.05) is 11.9 Å². The SMILES string of the molecule is CC12C=CC(=O)C=C1CCC1C2[C@@H](O)CC2(C)C1CC[C@]2(O)C(=O)COC(=O)Nc1ccc(-c2ncccn2)cc1. The van der Waals surface area contributed by atoms with Crippen LogP contribution >= 0.6 is 0 Å². The first-order valence-electron chi connectivity index (χ1n) is 14.2. The van der Waals surface area contributed by atoms with Crippen LogP contribution in [0.15, 0.2) is 66.5 Å². The molecule has 3 saturated carbocycles. The van der Waals surface area contributed by atoms with Crippen molar-refractivity contribution in [3.05, 3.63) is 66.5 Å². The van der Waals surface area contributed by atoms with Gasteiger partial charge in [0.05, 0.1) is 6.10 Å². The number of aliphatic hydroxyl groups is 2. The summed E-state index contributed by atoms with van der Waals surface area (Å²) in [5, 5.41) is 26.0. The maximum Gasteiger partial charge on any atom is 0.412 e. The molecule has 6 rings (SSSR count). The molecule has 214 valence electrons. The van der Waals surface area contributed by atoms with Gasteiger partial charge in [-0.3, -0.25) is 14.9 Å². The summed E-state index contributed by atoms with van der Waals surface area (Å²) in [5.74, 6) is 0.0198. The number of benzene rings is 1. The third-order valence-electron chi connectivity index (χ3n) is 10.4. The van der Waals surface area contributed by atoms with Gasteiger partial charge < -0.3 is 14.9 Å². The average Bonchev–Trinajstić information content (AvgIpc) is 3.23. The van der Waals surface area contributed by atoms with Crippen molar-refractivity contribution in [1.82, 2.24) is 9.97 Å². The van der Waals surface area contributed by atoms with E-state index in [0.717, 1.165) is 24.0 Å². The van der Waals surface area contributed by atoms with Gasteiger partial charge in [0.2, 0.25) is 5.78 Å². The maximum absolute atomic E-state index is 13.5. The first-order valence-corrected chi connectivity index (χ1v) is 14.2. The zero-order valence-electron chi connectivity index (χ0n) is 23.2. The van der Waals surface area contributed by atoms with E-state index in [1.807, 2.05) is 13.0 Å². The van der Waals surface area contributed by atoms with Gasteiger partial charge in [0.25, 0.3) is 0 Å². The molecular formula is C32H35N3O6. The Labute approximate surface area is 238 Å². The monoisotopic (exact) mass is 557 g/mol. The Bertz CT molecular complexity index is 1440. The van der Waals surface area contributed by atoms with Crippen LogP contribution in [0.5, 0.6) is 0 Å². The van der Waals surface area contributed by atoms with Gasteiger partial charge in [-0.05, 0) is 86.4 Å². The topological polar surface area (TPSA) is 139 Å². The second-order valence-corrected chi connectivity index (χ2v) is 12.4. The van der Waals surface area contributed by atoms with E-state index in [9.17, 15) is 24.6 Å². The molecule has 41 heavy (non-hydrogen) atoms. The lowest BCUT2D eigenvalue weighted by atomic mass is 9.46. The number of nitrogens with zero attached hydrogens (tertiary/aromatic N) is 2. The Morgan fingerprint density at radius 2 is 1.85 bits per heavy atom. The first-order chi connectivity index (χ1) is 19.5. The van der Waals surface area contributed by atoms with Crippen LogP contribution in [-0.4, -0.2) is 56.2 Å². The van der Waals surface area contributed by atoms with Crippen LogP contribution < -0.4 is 5.32 Å². The Hall–Kier alpha value is -3.69. The highest BCUT2D eigenvalue weighted by Gasteiger charge is 2.68. The number of aromatic nitrogens is 2. The predicted molar refractivity (Wildman–Crippen MR) is 150 cm³/mol. The fourth-order valence-electron chi connectivity index (χ4n) is 8.34. The summed E-state index contributed by atoms with van der Waals surface area (Å²) in [6, 6.07) is 8.64. The van der Waals surface area contributed by atoms with Crippen molar-refractivity contribution < 1.29 is 29.3 Å². The zero-order valence-corrected chi connectivity index (χ0v) is 23.2. The van der Waals surface area contributed by atoms with Crippen LogP contribution in [0, 0.1) is 28.6 Å². The van der Waals surface area contributed by atoms with Crippen molar-refractivity contribution >= 4 is 23.3 Å². The van der Waals surface area contributed by atoms with Crippen molar-refractivity contribution in [1.29, 1.82) is 0 Å². The van der Waals surface area contributed by atoms with E-state index < -0.39 is 41.0 Å². The molecule has 1 amide bonds. The standard InChI is InChI=1S/C32H35N3O6/c1-30-12-10-22(36)16-20(30)6-9-23-24-11-13-32(40,31(24,2)17-25(37)27(23)30)26(38)18-41-29(39)35-21-7-4-19(5-8-21)28-33-14-3-15-34-28/h3-5,7-8,10,12,14-16,23-25,27,37,40H,6,9,11,13,17-18H2,1-2H3,(H,35,39)/t23?,24?,25-,27?,30?,31?,32-/m0/s1. The lowest BCUT2D eigenvalue weighted by Gasteiger charge is -2.59. The molecule has 0 aliphatic heterocycles. The molecule has 7 atom stereocenters. The molecule has 2 aromatic rings.